The van der Waals surface area contributed by atoms with Crippen molar-refractivity contribution in [2.24, 2.45) is 5.84 Å². The monoisotopic (exact) mass is 209 g/mol. The molecule has 0 aliphatic heterocycles. The van der Waals surface area contributed by atoms with Crippen molar-refractivity contribution in [2.75, 3.05) is 5.32 Å². The molecule has 6 nitrogen and oxygen atoms in total. The highest BCUT2D eigenvalue weighted by atomic mass is 16.3. The van der Waals surface area contributed by atoms with E-state index >= 15 is 0 Å². The van der Waals surface area contributed by atoms with E-state index in [1.165, 1.54) is 25.1 Å². The second kappa shape index (κ2) is 4.43. The van der Waals surface area contributed by atoms with Crippen LogP contribution in [-0.2, 0) is 4.79 Å². The number of nitrogens with two attached hydrogens (primary N) is 1. The summed E-state index contributed by atoms with van der Waals surface area (Å²) in [4.78, 5) is 21.9. The third kappa shape index (κ3) is 2.68. The maximum Gasteiger partial charge on any atom is 0.269 e. The summed E-state index contributed by atoms with van der Waals surface area (Å²) in [7, 11) is 0. The number of benzene rings is 1. The number of aromatic hydroxyl groups is 1. The molecule has 15 heavy (non-hydrogen) atoms. The molecule has 0 saturated carbocycles. The second-order valence-electron chi connectivity index (χ2n) is 2.89. The van der Waals surface area contributed by atoms with E-state index in [-0.39, 0.29) is 17.2 Å². The number of anilines is 1. The van der Waals surface area contributed by atoms with E-state index in [2.05, 4.69) is 5.32 Å². The number of carbonyl (C=O) groups excluding carboxylic acids is 2. The smallest absolute Gasteiger partial charge is 0.269 e. The van der Waals surface area contributed by atoms with Crippen LogP contribution in [0.5, 0.6) is 5.75 Å². The Kier molecular flexibility index (Phi) is 3.25. The highest BCUT2D eigenvalue weighted by Gasteiger charge is 2.10. The van der Waals surface area contributed by atoms with Gasteiger partial charge in [0, 0.05) is 12.6 Å². The van der Waals surface area contributed by atoms with Crippen LogP contribution >= 0.6 is 0 Å². The SMILES string of the molecule is CC(=O)Nc1ccc(O)c(C(=O)NN)c1. The van der Waals surface area contributed by atoms with Crippen LogP contribution in [0.4, 0.5) is 5.69 Å². The highest BCUT2D eigenvalue weighted by Crippen LogP contribution is 2.21. The lowest BCUT2D eigenvalue weighted by atomic mass is 10.1. The number of carbonyl (C=O) groups is 2. The van der Waals surface area contributed by atoms with Crippen LogP contribution in [0.25, 0.3) is 0 Å². The van der Waals surface area contributed by atoms with Gasteiger partial charge in [-0.05, 0) is 18.2 Å². The topological polar surface area (TPSA) is 104 Å². The first kappa shape index (κ1) is 11.0. The molecule has 0 saturated heterocycles. The van der Waals surface area contributed by atoms with E-state index in [4.69, 9.17) is 5.84 Å². The summed E-state index contributed by atoms with van der Waals surface area (Å²) in [5.74, 6) is 3.84. The number of rotatable bonds is 2. The van der Waals surface area contributed by atoms with Gasteiger partial charge in [-0.2, -0.15) is 0 Å². The van der Waals surface area contributed by atoms with Gasteiger partial charge in [-0.25, -0.2) is 5.84 Å². The van der Waals surface area contributed by atoms with Gasteiger partial charge in [-0.15, -0.1) is 0 Å². The number of nitrogens with one attached hydrogen (secondary N) is 2. The van der Waals surface area contributed by atoms with Crippen molar-refractivity contribution in [1.82, 2.24) is 5.43 Å². The van der Waals surface area contributed by atoms with Gasteiger partial charge in [0.25, 0.3) is 5.91 Å². The zero-order chi connectivity index (χ0) is 11.4. The molecule has 1 aromatic carbocycles. The van der Waals surface area contributed by atoms with Gasteiger partial charge in [-0.3, -0.25) is 15.0 Å². The van der Waals surface area contributed by atoms with E-state index in [0.717, 1.165) is 0 Å². The molecule has 0 radical (unpaired) electrons. The average molecular weight is 209 g/mol. The van der Waals surface area contributed by atoms with Crippen LogP contribution in [0.3, 0.4) is 0 Å². The van der Waals surface area contributed by atoms with E-state index in [0.29, 0.717) is 5.69 Å². The molecule has 0 aliphatic rings. The molecule has 1 rings (SSSR count). The largest absolute Gasteiger partial charge is 0.507 e. The number of phenols is 1. The summed E-state index contributed by atoms with van der Waals surface area (Å²) in [6.07, 6.45) is 0. The quantitative estimate of drug-likeness (QED) is 0.237. The van der Waals surface area contributed by atoms with Gasteiger partial charge in [0.05, 0.1) is 5.56 Å². The standard InChI is InChI=1S/C9H11N3O3/c1-5(13)11-6-2-3-8(14)7(4-6)9(15)12-10/h2-4,14H,10H2,1H3,(H,11,13)(H,12,15). The van der Waals surface area contributed by atoms with Crippen LogP contribution < -0.4 is 16.6 Å². The zero-order valence-electron chi connectivity index (χ0n) is 8.07. The molecule has 0 unspecified atom stereocenters. The molecule has 0 heterocycles. The first-order chi connectivity index (χ1) is 7.04. The number of hydrogen-bond donors (Lipinski definition) is 4. The molecule has 1 aromatic rings. The van der Waals surface area contributed by atoms with Gasteiger partial charge in [0.1, 0.15) is 5.75 Å². The average Bonchev–Trinajstić information content (AvgIpc) is 2.19. The molecule has 6 heteroatoms. The van der Waals surface area contributed by atoms with Gasteiger partial charge < -0.3 is 10.4 Å². The molecule has 0 bridgehead atoms. The fourth-order valence-corrected chi connectivity index (χ4v) is 1.08. The fourth-order valence-electron chi connectivity index (χ4n) is 1.08. The summed E-state index contributed by atoms with van der Waals surface area (Å²) in [6, 6.07) is 4.11. The predicted octanol–water partition coefficient (Wildman–Crippen LogP) is -0.0459. The summed E-state index contributed by atoms with van der Waals surface area (Å²) in [5, 5.41) is 11.8. The van der Waals surface area contributed by atoms with E-state index in [1.807, 2.05) is 5.43 Å². The first-order valence-corrected chi connectivity index (χ1v) is 4.16. The van der Waals surface area contributed by atoms with E-state index in [9.17, 15) is 14.7 Å². The second-order valence-corrected chi connectivity index (χ2v) is 2.89. The first-order valence-electron chi connectivity index (χ1n) is 4.16. The molecule has 0 aromatic heterocycles. The Labute approximate surface area is 86.1 Å². The number of amides is 2. The molecular formula is C9H11N3O3. The van der Waals surface area contributed by atoms with Crippen molar-refractivity contribution in [2.45, 2.75) is 6.92 Å². The fraction of sp³-hybridized carbons (Fsp3) is 0.111. The molecular weight excluding hydrogens is 198 g/mol. The highest BCUT2D eigenvalue weighted by molar-refractivity contribution is 5.98. The van der Waals surface area contributed by atoms with Gasteiger partial charge in [0.2, 0.25) is 5.91 Å². The maximum absolute atomic E-state index is 11.2. The van der Waals surface area contributed by atoms with Crippen LogP contribution in [0, 0.1) is 0 Å². The number of hydrazine groups is 1. The number of hydrogen-bond acceptors (Lipinski definition) is 4. The van der Waals surface area contributed by atoms with Crippen molar-refractivity contribution < 1.29 is 14.7 Å². The lowest BCUT2D eigenvalue weighted by Crippen LogP contribution is -2.30. The number of phenolic OH excluding ortho intramolecular Hbond substituents is 1. The molecule has 0 atom stereocenters. The molecule has 0 spiro atoms. The van der Waals surface area contributed by atoms with E-state index < -0.39 is 5.91 Å². The lowest BCUT2D eigenvalue weighted by molar-refractivity contribution is -0.114. The molecule has 80 valence electrons. The van der Waals surface area contributed by atoms with Crippen LogP contribution in [0.15, 0.2) is 18.2 Å². The summed E-state index contributed by atoms with van der Waals surface area (Å²) < 4.78 is 0. The zero-order valence-corrected chi connectivity index (χ0v) is 8.07. The molecule has 2 amide bonds. The van der Waals surface area contributed by atoms with Crippen LogP contribution in [0.2, 0.25) is 0 Å². The Balaban J connectivity index is 3.05. The Morgan fingerprint density at radius 1 is 1.40 bits per heavy atom. The molecule has 0 fully saturated rings. The molecule has 5 N–H and O–H groups in total. The van der Waals surface area contributed by atoms with Crippen molar-refractivity contribution >= 4 is 17.5 Å². The summed E-state index contributed by atoms with van der Waals surface area (Å²) in [6.45, 7) is 1.34. The third-order valence-corrected chi connectivity index (χ3v) is 1.69. The summed E-state index contributed by atoms with van der Waals surface area (Å²) >= 11 is 0. The Morgan fingerprint density at radius 3 is 2.60 bits per heavy atom. The third-order valence-electron chi connectivity index (χ3n) is 1.69. The summed E-state index contributed by atoms with van der Waals surface area (Å²) in [5.41, 5.74) is 2.31. The van der Waals surface area contributed by atoms with Crippen molar-refractivity contribution in [3.8, 4) is 5.75 Å². The maximum atomic E-state index is 11.2. The molecule has 0 aliphatic carbocycles. The predicted molar refractivity (Wildman–Crippen MR) is 54.1 cm³/mol. The van der Waals surface area contributed by atoms with Crippen molar-refractivity contribution in [3.63, 3.8) is 0 Å². The lowest BCUT2D eigenvalue weighted by Gasteiger charge is -2.06. The van der Waals surface area contributed by atoms with Gasteiger partial charge in [-0.1, -0.05) is 0 Å². The van der Waals surface area contributed by atoms with Crippen molar-refractivity contribution in [3.05, 3.63) is 23.8 Å². The van der Waals surface area contributed by atoms with Gasteiger partial charge >= 0.3 is 0 Å². The normalized spacial score (nSPS) is 9.47. The minimum absolute atomic E-state index is 0.00347. The minimum Gasteiger partial charge on any atom is -0.507 e. The minimum atomic E-state index is -0.625. The van der Waals surface area contributed by atoms with Crippen LogP contribution in [0.1, 0.15) is 17.3 Å². The Bertz CT molecular complexity index is 404. The van der Waals surface area contributed by atoms with Crippen LogP contribution in [-0.4, -0.2) is 16.9 Å². The van der Waals surface area contributed by atoms with E-state index in [1.54, 1.807) is 0 Å². The van der Waals surface area contributed by atoms with Crippen molar-refractivity contribution in [1.29, 1.82) is 0 Å². The number of nitrogen functional groups attached to an aromatic ring is 1. The van der Waals surface area contributed by atoms with Gasteiger partial charge in [0.15, 0.2) is 0 Å². The Morgan fingerprint density at radius 2 is 2.07 bits per heavy atom. The Hall–Kier alpha value is -2.08.